The van der Waals surface area contributed by atoms with Gasteiger partial charge in [-0.3, -0.25) is 0 Å². The molecule has 1 aromatic rings. The van der Waals surface area contributed by atoms with Gasteiger partial charge in [-0.2, -0.15) is 0 Å². The Labute approximate surface area is 121 Å². The molecule has 110 valence electrons. The summed E-state index contributed by atoms with van der Waals surface area (Å²) in [4.78, 5) is 0. The van der Waals surface area contributed by atoms with Crippen LogP contribution in [0, 0.1) is 5.41 Å². The monoisotopic (exact) mass is 275 g/mol. The summed E-state index contributed by atoms with van der Waals surface area (Å²) < 4.78 is 5.44. The zero-order valence-corrected chi connectivity index (χ0v) is 12.6. The Morgan fingerprint density at radius 2 is 1.90 bits per heavy atom. The second-order valence-corrected chi connectivity index (χ2v) is 6.90. The van der Waals surface area contributed by atoms with E-state index in [9.17, 15) is 5.11 Å². The molecular formula is C17H25NO2. The van der Waals surface area contributed by atoms with Gasteiger partial charge in [-0.15, -0.1) is 0 Å². The second kappa shape index (κ2) is 5.05. The molecule has 0 aliphatic heterocycles. The minimum absolute atomic E-state index is 0.0233. The number of methoxy groups -OCH3 is 1. The molecular weight excluding hydrogens is 250 g/mol. The highest BCUT2D eigenvalue weighted by molar-refractivity contribution is 5.37. The Morgan fingerprint density at radius 1 is 1.20 bits per heavy atom. The molecule has 2 N–H and O–H groups in total. The van der Waals surface area contributed by atoms with E-state index in [0.717, 1.165) is 12.2 Å². The summed E-state index contributed by atoms with van der Waals surface area (Å²) in [5, 5.41) is 13.5. The molecule has 0 aromatic heterocycles. The van der Waals surface area contributed by atoms with Crippen molar-refractivity contribution in [1.82, 2.24) is 5.32 Å². The highest BCUT2D eigenvalue weighted by Crippen LogP contribution is 2.45. The summed E-state index contributed by atoms with van der Waals surface area (Å²) in [7, 11) is 1.74. The van der Waals surface area contributed by atoms with Crippen molar-refractivity contribution < 1.29 is 9.84 Å². The molecule has 2 saturated carbocycles. The van der Waals surface area contributed by atoms with Gasteiger partial charge in [0, 0.05) is 17.5 Å². The van der Waals surface area contributed by atoms with Crippen LogP contribution in [0.2, 0.25) is 0 Å². The summed E-state index contributed by atoms with van der Waals surface area (Å²) in [5.74, 6) is 1.62. The van der Waals surface area contributed by atoms with E-state index >= 15 is 0 Å². The van der Waals surface area contributed by atoms with Crippen molar-refractivity contribution in [3.8, 4) is 5.75 Å². The Kier molecular flexibility index (Phi) is 3.51. The number of aliphatic hydroxyl groups is 1. The Bertz CT molecular complexity index is 480. The second-order valence-electron chi connectivity index (χ2n) is 6.90. The largest absolute Gasteiger partial charge is 0.496 e. The van der Waals surface area contributed by atoms with Crippen LogP contribution in [0.25, 0.3) is 0 Å². The fraction of sp³-hybridized carbons (Fsp3) is 0.647. The van der Waals surface area contributed by atoms with Crippen molar-refractivity contribution in [3.05, 3.63) is 29.8 Å². The maximum absolute atomic E-state index is 9.79. The average Bonchev–Trinajstić information content (AvgIpc) is 2.41. The molecule has 2 aliphatic rings. The van der Waals surface area contributed by atoms with E-state index in [2.05, 4.69) is 31.3 Å². The molecule has 0 heterocycles. The first-order chi connectivity index (χ1) is 9.52. The molecule has 3 nitrogen and oxygen atoms in total. The van der Waals surface area contributed by atoms with Crippen LogP contribution in [0.15, 0.2) is 24.3 Å². The van der Waals surface area contributed by atoms with Crippen LogP contribution in [0.4, 0.5) is 0 Å². The molecule has 20 heavy (non-hydrogen) atoms. The molecule has 2 unspecified atom stereocenters. The fourth-order valence-electron chi connectivity index (χ4n) is 3.48. The summed E-state index contributed by atoms with van der Waals surface area (Å²) in [6.45, 7) is 4.30. The number of ether oxygens (including phenoxy) is 1. The smallest absolute Gasteiger partial charge is 0.122 e. The average molecular weight is 275 g/mol. The molecule has 2 aliphatic carbocycles. The van der Waals surface area contributed by atoms with Crippen LogP contribution in [-0.2, 0) is 0 Å². The molecule has 0 saturated heterocycles. The van der Waals surface area contributed by atoms with Crippen LogP contribution >= 0.6 is 0 Å². The van der Waals surface area contributed by atoms with Gasteiger partial charge < -0.3 is 15.2 Å². The highest BCUT2D eigenvalue weighted by atomic mass is 16.5. The Morgan fingerprint density at radius 3 is 2.50 bits per heavy atom. The molecule has 2 atom stereocenters. The highest BCUT2D eigenvalue weighted by Gasteiger charge is 2.48. The van der Waals surface area contributed by atoms with Gasteiger partial charge in [0.2, 0.25) is 0 Å². The van der Waals surface area contributed by atoms with Gasteiger partial charge in [0.25, 0.3) is 0 Å². The predicted octanol–water partition coefficient (Wildman–Crippen LogP) is 2.69. The van der Waals surface area contributed by atoms with Crippen LogP contribution in [0.1, 0.15) is 44.6 Å². The zero-order valence-electron chi connectivity index (χ0n) is 12.6. The van der Waals surface area contributed by atoms with Crippen molar-refractivity contribution in [1.29, 1.82) is 0 Å². The minimum Gasteiger partial charge on any atom is -0.496 e. The quantitative estimate of drug-likeness (QED) is 0.887. The van der Waals surface area contributed by atoms with Crippen molar-refractivity contribution in [2.45, 2.75) is 57.2 Å². The first kappa shape index (κ1) is 13.9. The normalized spacial score (nSPS) is 35.0. The van der Waals surface area contributed by atoms with Crippen LogP contribution in [-0.4, -0.2) is 30.4 Å². The predicted molar refractivity (Wildman–Crippen MR) is 80.1 cm³/mol. The van der Waals surface area contributed by atoms with E-state index in [1.54, 1.807) is 7.11 Å². The van der Waals surface area contributed by atoms with Crippen molar-refractivity contribution in [3.63, 3.8) is 0 Å². The summed E-state index contributed by atoms with van der Waals surface area (Å²) in [5.41, 5.74) is 1.36. The van der Waals surface area contributed by atoms with Gasteiger partial charge in [0.15, 0.2) is 0 Å². The minimum atomic E-state index is -0.148. The number of hydrogen-bond donors (Lipinski definition) is 2. The lowest BCUT2D eigenvalue weighted by molar-refractivity contribution is -0.0793. The van der Waals surface area contributed by atoms with Gasteiger partial charge in [-0.1, -0.05) is 32.0 Å². The van der Waals surface area contributed by atoms with E-state index in [0.29, 0.717) is 18.0 Å². The topological polar surface area (TPSA) is 41.5 Å². The maximum Gasteiger partial charge on any atom is 0.122 e. The van der Waals surface area contributed by atoms with E-state index in [1.807, 2.05) is 12.1 Å². The maximum atomic E-state index is 9.79. The lowest BCUT2D eigenvalue weighted by atomic mass is 9.63. The zero-order chi connectivity index (χ0) is 14.3. The first-order valence-electron chi connectivity index (χ1n) is 7.59. The lowest BCUT2D eigenvalue weighted by Gasteiger charge is -2.53. The number of aliphatic hydroxyl groups excluding tert-OH is 1. The number of hydrogen-bond acceptors (Lipinski definition) is 3. The van der Waals surface area contributed by atoms with Gasteiger partial charge in [-0.25, -0.2) is 0 Å². The van der Waals surface area contributed by atoms with E-state index in [-0.39, 0.29) is 11.5 Å². The third-order valence-corrected chi connectivity index (χ3v) is 5.37. The molecule has 0 spiro atoms. The van der Waals surface area contributed by atoms with Gasteiger partial charge in [0.05, 0.1) is 13.2 Å². The van der Waals surface area contributed by atoms with Crippen LogP contribution < -0.4 is 10.1 Å². The summed E-state index contributed by atoms with van der Waals surface area (Å²) in [6, 6.07) is 9.37. The summed E-state index contributed by atoms with van der Waals surface area (Å²) in [6.07, 6.45) is 3.08. The van der Waals surface area contributed by atoms with Crippen LogP contribution in [0.3, 0.4) is 0 Å². The molecule has 2 fully saturated rings. The van der Waals surface area contributed by atoms with Crippen LogP contribution in [0.5, 0.6) is 5.75 Å². The number of rotatable bonds is 4. The standard InChI is InChI=1S/C17H25NO2/c1-17(2)15(10-16(17)19)18-12-8-11(9-12)13-6-4-5-7-14(13)20-3/h4-7,11-12,15-16,18-19H,8-10H2,1-3H3. The molecule has 0 radical (unpaired) electrons. The van der Waals surface area contributed by atoms with E-state index in [4.69, 9.17) is 4.74 Å². The van der Waals surface area contributed by atoms with Gasteiger partial charge >= 0.3 is 0 Å². The SMILES string of the molecule is COc1ccccc1C1CC(NC2CC(O)C2(C)C)C1. The number of nitrogens with one attached hydrogen (secondary N) is 1. The van der Waals surface area contributed by atoms with Crippen molar-refractivity contribution >= 4 is 0 Å². The first-order valence-corrected chi connectivity index (χ1v) is 7.59. The van der Waals surface area contributed by atoms with Crippen molar-refractivity contribution in [2.75, 3.05) is 7.11 Å². The lowest BCUT2D eigenvalue weighted by Crippen LogP contribution is -2.63. The Hall–Kier alpha value is -1.06. The summed E-state index contributed by atoms with van der Waals surface area (Å²) >= 11 is 0. The molecule has 3 heteroatoms. The van der Waals surface area contributed by atoms with E-state index < -0.39 is 0 Å². The van der Waals surface area contributed by atoms with Gasteiger partial charge in [0.1, 0.15) is 5.75 Å². The third kappa shape index (κ3) is 2.23. The molecule has 1 aromatic carbocycles. The van der Waals surface area contributed by atoms with Gasteiger partial charge in [-0.05, 0) is 36.8 Å². The fourth-order valence-corrected chi connectivity index (χ4v) is 3.48. The molecule has 3 rings (SSSR count). The molecule has 0 amide bonds. The third-order valence-electron chi connectivity index (χ3n) is 5.37. The number of para-hydroxylation sites is 1. The number of benzene rings is 1. The Balaban J connectivity index is 1.54. The molecule has 0 bridgehead atoms. The van der Waals surface area contributed by atoms with Crippen molar-refractivity contribution in [2.24, 2.45) is 5.41 Å². The van der Waals surface area contributed by atoms with E-state index in [1.165, 1.54) is 18.4 Å².